The quantitative estimate of drug-likeness (QED) is 0.401. The van der Waals surface area contributed by atoms with E-state index in [0.29, 0.717) is 22.2 Å². The number of carbonyl (C=O) groups excluding carboxylic acids is 1. The molecular weight excluding hydrogens is 416 g/mol. The summed E-state index contributed by atoms with van der Waals surface area (Å²) in [6.07, 6.45) is 1.90. The Bertz CT molecular complexity index is 1090. The van der Waals surface area contributed by atoms with Gasteiger partial charge in [0.25, 0.3) is 5.91 Å². The van der Waals surface area contributed by atoms with Crippen molar-refractivity contribution >= 4 is 23.4 Å². The van der Waals surface area contributed by atoms with E-state index < -0.39 is 0 Å². The van der Waals surface area contributed by atoms with Crippen LogP contribution in [0.3, 0.4) is 0 Å². The van der Waals surface area contributed by atoms with Crippen molar-refractivity contribution in [3.63, 3.8) is 0 Å². The summed E-state index contributed by atoms with van der Waals surface area (Å²) in [5.74, 6) is 0.393. The van der Waals surface area contributed by atoms with Crippen molar-refractivity contribution in [2.45, 2.75) is 27.7 Å². The average Bonchev–Trinajstić information content (AvgIpc) is 3.25. The molecule has 0 aliphatic rings. The van der Waals surface area contributed by atoms with Gasteiger partial charge in [-0.25, -0.2) is 4.98 Å². The third kappa shape index (κ3) is 5.51. The Hall–Kier alpha value is -3.25. The predicted octanol–water partition coefficient (Wildman–Crippen LogP) is 6.37. The summed E-state index contributed by atoms with van der Waals surface area (Å²) >= 11 is 1.37. The molecule has 1 heterocycles. The minimum absolute atomic E-state index is 0.263. The first-order chi connectivity index (χ1) is 15.5. The number of aryl methyl sites for hydroxylation is 1. The van der Waals surface area contributed by atoms with Gasteiger partial charge in [-0.3, -0.25) is 4.79 Å². The topological polar surface area (TPSA) is 61.0 Å². The lowest BCUT2D eigenvalue weighted by molar-refractivity contribution is 0.0965. The largest absolute Gasteiger partial charge is 0.372 e. The highest BCUT2D eigenvalue weighted by atomic mass is 32.2. The van der Waals surface area contributed by atoms with E-state index in [2.05, 4.69) is 47.8 Å². The van der Waals surface area contributed by atoms with Crippen LogP contribution in [-0.2, 0) is 0 Å². The lowest BCUT2D eigenvalue weighted by atomic mass is 10.1. The van der Waals surface area contributed by atoms with Crippen molar-refractivity contribution < 1.29 is 4.79 Å². The van der Waals surface area contributed by atoms with Gasteiger partial charge in [0.2, 0.25) is 0 Å². The molecule has 2 N–H and O–H groups in total. The van der Waals surface area contributed by atoms with Crippen LogP contribution >= 0.6 is 11.8 Å². The molecular formula is C26H30N4OS. The highest BCUT2D eigenvalue weighted by Gasteiger charge is 2.20. The molecule has 0 fully saturated rings. The third-order valence-electron chi connectivity index (χ3n) is 5.12. The summed E-state index contributed by atoms with van der Waals surface area (Å²) in [5.41, 5.74) is 5.16. The van der Waals surface area contributed by atoms with Crippen molar-refractivity contribution in [3.8, 4) is 22.6 Å². The fourth-order valence-electron chi connectivity index (χ4n) is 3.38. The molecule has 0 aliphatic heterocycles. The van der Waals surface area contributed by atoms with Crippen LogP contribution in [0.2, 0.25) is 0 Å². The number of thioether (sulfide) groups is 1. The Morgan fingerprint density at radius 2 is 1.72 bits per heavy atom. The lowest BCUT2D eigenvalue weighted by Crippen LogP contribution is -2.21. The number of aromatic amines is 1. The van der Waals surface area contributed by atoms with Crippen LogP contribution in [0.25, 0.3) is 22.6 Å². The van der Waals surface area contributed by atoms with Gasteiger partial charge in [-0.2, -0.15) is 0 Å². The first-order valence-electron chi connectivity index (χ1n) is 10.8. The summed E-state index contributed by atoms with van der Waals surface area (Å²) in [4.78, 5) is 23.4. The highest BCUT2D eigenvalue weighted by Crippen LogP contribution is 2.28. The minimum Gasteiger partial charge on any atom is -0.372 e. The summed E-state index contributed by atoms with van der Waals surface area (Å²) in [5, 5.41) is 5.29. The van der Waals surface area contributed by atoms with Crippen LogP contribution < -0.4 is 10.2 Å². The fraction of sp³-hybridized carbons (Fsp3) is 0.231. The number of nitrogens with zero attached hydrogens (tertiary/aromatic N) is 2. The Morgan fingerprint density at radius 1 is 1.09 bits per heavy atom. The molecule has 32 heavy (non-hydrogen) atoms. The van der Waals surface area contributed by atoms with E-state index in [9.17, 15) is 4.79 Å². The van der Waals surface area contributed by atoms with Crippen LogP contribution in [0, 0.1) is 6.92 Å². The number of anilines is 1. The maximum absolute atomic E-state index is 13.1. The summed E-state index contributed by atoms with van der Waals surface area (Å²) in [6.45, 7) is 14.1. The van der Waals surface area contributed by atoms with Gasteiger partial charge in [-0.1, -0.05) is 54.2 Å². The van der Waals surface area contributed by atoms with Crippen LogP contribution in [0.15, 0.2) is 71.6 Å². The smallest absolute Gasteiger partial charge is 0.274 e. The number of H-pyrrole nitrogens is 1. The molecule has 0 aliphatic carbocycles. The SMILES string of the molecule is C=C(NC(=O)c1[nH]c(-c2ccc(N(CC)CC)cc2)nc1-c1ccc(C)cc1)S/C=C\C. The maximum atomic E-state index is 13.1. The van der Waals surface area contributed by atoms with Gasteiger partial charge in [0, 0.05) is 29.9 Å². The summed E-state index contributed by atoms with van der Waals surface area (Å²) < 4.78 is 0. The average molecular weight is 447 g/mol. The summed E-state index contributed by atoms with van der Waals surface area (Å²) in [6, 6.07) is 16.3. The molecule has 0 atom stereocenters. The number of hydrogen-bond acceptors (Lipinski definition) is 4. The molecule has 2 aromatic carbocycles. The molecule has 0 spiro atoms. The number of hydrogen-bond donors (Lipinski definition) is 2. The van der Waals surface area contributed by atoms with E-state index in [4.69, 9.17) is 4.98 Å². The first-order valence-corrected chi connectivity index (χ1v) is 11.6. The zero-order valence-corrected chi connectivity index (χ0v) is 19.9. The van der Waals surface area contributed by atoms with Crippen LogP contribution in [0.1, 0.15) is 36.8 Å². The van der Waals surface area contributed by atoms with Crippen molar-refractivity contribution in [3.05, 3.63) is 82.9 Å². The Kier molecular flexibility index (Phi) is 7.95. The van der Waals surface area contributed by atoms with E-state index in [0.717, 1.165) is 29.8 Å². The number of carbonyl (C=O) groups is 1. The molecule has 5 nitrogen and oxygen atoms in total. The standard InChI is InChI=1S/C26H30N4OS/c1-6-17-32-19(5)27-26(31)24-23(20-11-9-18(4)10-12-20)28-25(29-24)21-13-15-22(16-14-21)30(7-2)8-3/h6,9-17H,5,7-8H2,1-4H3,(H,27,31)(H,28,29)/b17-6-. The van der Waals surface area contributed by atoms with Crippen LogP contribution in [0.5, 0.6) is 0 Å². The van der Waals surface area contributed by atoms with Crippen LogP contribution in [-0.4, -0.2) is 29.0 Å². The second-order valence-corrected chi connectivity index (χ2v) is 8.36. The molecule has 166 valence electrons. The van der Waals surface area contributed by atoms with E-state index >= 15 is 0 Å². The monoisotopic (exact) mass is 446 g/mol. The number of nitrogens with one attached hydrogen (secondary N) is 2. The van der Waals surface area contributed by atoms with E-state index in [1.54, 1.807) is 0 Å². The molecule has 1 amide bonds. The van der Waals surface area contributed by atoms with E-state index in [-0.39, 0.29) is 5.91 Å². The number of allylic oxidation sites excluding steroid dienone is 1. The van der Waals surface area contributed by atoms with Gasteiger partial charge < -0.3 is 15.2 Å². The number of aromatic nitrogens is 2. The number of imidazole rings is 1. The molecule has 0 bridgehead atoms. The van der Waals surface area contributed by atoms with Crippen molar-refractivity contribution in [2.24, 2.45) is 0 Å². The molecule has 6 heteroatoms. The Morgan fingerprint density at radius 3 is 2.31 bits per heavy atom. The normalized spacial score (nSPS) is 11.0. The molecule has 3 aromatic rings. The molecule has 0 unspecified atom stereocenters. The van der Waals surface area contributed by atoms with Gasteiger partial charge in [-0.05, 0) is 57.4 Å². The molecule has 0 saturated heterocycles. The molecule has 1 aromatic heterocycles. The van der Waals surface area contributed by atoms with Gasteiger partial charge in [-0.15, -0.1) is 0 Å². The Labute approximate surface area is 194 Å². The molecule has 3 rings (SSSR count). The number of benzene rings is 2. The van der Waals surface area contributed by atoms with Crippen molar-refractivity contribution in [2.75, 3.05) is 18.0 Å². The maximum Gasteiger partial charge on any atom is 0.274 e. The zero-order valence-electron chi connectivity index (χ0n) is 19.1. The second kappa shape index (κ2) is 10.9. The third-order valence-corrected chi connectivity index (χ3v) is 5.92. The van der Waals surface area contributed by atoms with Crippen LogP contribution in [0.4, 0.5) is 5.69 Å². The molecule has 0 saturated carbocycles. The highest BCUT2D eigenvalue weighted by molar-refractivity contribution is 8.05. The lowest BCUT2D eigenvalue weighted by Gasteiger charge is -2.20. The predicted molar refractivity (Wildman–Crippen MR) is 137 cm³/mol. The van der Waals surface area contributed by atoms with Gasteiger partial charge >= 0.3 is 0 Å². The van der Waals surface area contributed by atoms with Crippen molar-refractivity contribution in [1.82, 2.24) is 15.3 Å². The van der Waals surface area contributed by atoms with Crippen molar-refractivity contribution in [1.29, 1.82) is 0 Å². The Balaban J connectivity index is 1.98. The first kappa shape index (κ1) is 23.4. The van der Waals surface area contributed by atoms with Gasteiger partial charge in [0.1, 0.15) is 17.2 Å². The molecule has 0 radical (unpaired) electrons. The van der Waals surface area contributed by atoms with E-state index in [1.165, 1.54) is 17.4 Å². The summed E-state index contributed by atoms with van der Waals surface area (Å²) in [7, 11) is 0. The fourth-order valence-corrected chi connectivity index (χ4v) is 3.83. The number of amides is 1. The second-order valence-electron chi connectivity index (χ2n) is 7.36. The van der Waals surface area contributed by atoms with Gasteiger partial charge in [0.05, 0.1) is 5.03 Å². The van der Waals surface area contributed by atoms with E-state index in [1.807, 2.05) is 61.7 Å². The zero-order chi connectivity index (χ0) is 23.1. The number of rotatable bonds is 9. The van der Waals surface area contributed by atoms with Gasteiger partial charge in [0.15, 0.2) is 0 Å². The minimum atomic E-state index is -0.263.